The van der Waals surface area contributed by atoms with Crippen LogP contribution in [-0.4, -0.2) is 69.6 Å². The second-order valence-corrected chi connectivity index (χ2v) is 5.12. The molecule has 0 aliphatic heterocycles. The van der Waals surface area contributed by atoms with Gasteiger partial charge in [-0.3, -0.25) is 4.79 Å². The standard InChI is InChI=1S/C9H20N3.C4H6NO3/c1-5-10-9-11-7-6-8-12(2,3)4;5-3(2-6)1-4(7)8/h5-8H2,1-4H3;3H,1,5H2,(H,7,8)/q+1;/p-1/t;3-/m.0/s1. The lowest BCUT2D eigenvalue weighted by Crippen LogP contribution is -2.35. The molecule has 0 bridgehead atoms. The van der Waals surface area contributed by atoms with Gasteiger partial charge in [0.25, 0.3) is 0 Å². The normalized spacial score (nSPS) is 11.4. The first-order valence-corrected chi connectivity index (χ1v) is 6.44. The fourth-order valence-electron chi connectivity index (χ4n) is 1.02. The average molecular weight is 285 g/mol. The molecular weight excluding hydrogens is 260 g/mol. The van der Waals surface area contributed by atoms with Gasteiger partial charge >= 0.3 is 0 Å². The lowest BCUT2D eigenvalue weighted by Gasteiger charge is -2.22. The summed E-state index contributed by atoms with van der Waals surface area (Å²) in [6, 6.07) is 1.62. The summed E-state index contributed by atoms with van der Waals surface area (Å²) in [4.78, 5) is 27.0. The highest BCUT2D eigenvalue weighted by molar-refractivity contribution is 5.72. The highest BCUT2D eigenvalue weighted by Gasteiger charge is 2.04. The second-order valence-electron chi connectivity index (χ2n) is 5.12. The van der Waals surface area contributed by atoms with Crippen LogP contribution in [0.2, 0.25) is 0 Å². The Morgan fingerprint density at radius 1 is 1.35 bits per heavy atom. The van der Waals surface area contributed by atoms with Gasteiger partial charge in [-0.15, -0.1) is 0 Å². The van der Waals surface area contributed by atoms with Gasteiger partial charge in [-0.25, -0.2) is 9.98 Å². The number of carboxylic acid groups (broad SMARTS) is 1. The Bertz CT molecular complexity index is 331. The van der Waals surface area contributed by atoms with Crippen molar-refractivity contribution in [3.8, 4) is 0 Å². The lowest BCUT2D eigenvalue weighted by molar-refractivity contribution is -0.870. The number of carboxylic acids is 1. The zero-order chi connectivity index (χ0) is 16.0. The summed E-state index contributed by atoms with van der Waals surface area (Å²) in [5.74, 6) is -1.33. The maximum absolute atomic E-state index is 9.60. The van der Waals surface area contributed by atoms with Crippen LogP contribution < -0.4 is 10.8 Å². The van der Waals surface area contributed by atoms with Crippen LogP contribution in [0, 0.1) is 0 Å². The van der Waals surface area contributed by atoms with Crippen molar-refractivity contribution in [2.24, 2.45) is 15.7 Å². The summed E-state index contributed by atoms with van der Waals surface area (Å²) in [5, 5.41) is 9.60. The molecule has 0 aliphatic carbocycles. The van der Waals surface area contributed by atoms with Crippen LogP contribution in [0.3, 0.4) is 0 Å². The van der Waals surface area contributed by atoms with Gasteiger partial charge in [0.05, 0.1) is 46.3 Å². The zero-order valence-corrected chi connectivity index (χ0v) is 12.8. The number of rotatable bonds is 8. The molecule has 0 aromatic heterocycles. The van der Waals surface area contributed by atoms with Crippen molar-refractivity contribution >= 4 is 18.3 Å². The summed E-state index contributed by atoms with van der Waals surface area (Å²) in [7, 11) is 6.55. The van der Waals surface area contributed by atoms with E-state index in [1.54, 1.807) is 0 Å². The number of hydrogen-bond acceptors (Lipinski definition) is 6. The Kier molecular flexibility index (Phi) is 12.9. The van der Waals surface area contributed by atoms with Gasteiger partial charge < -0.3 is 20.1 Å². The van der Waals surface area contributed by atoms with E-state index in [0.717, 1.165) is 30.5 Å². The lowest BCUT2D eigenvalue weighted by atomic mass is 10.2. The number of aliphatic carboxylic acids is 1. The van der Waals surface area contributed by atoms with E-state index in [9.17, 15) is 14.7 Å². The molecule has 0 aromatic carbocycles. The largest absolute Gasteiger partial charge is 0.550 e. The Labute approximate surface area is 120 Å². The third kappa shape index (κ3) is 21.7. The fourth-order valence-corrected chi connectivity index (χ4v) is 1.02. The van der Waals surface area contributed by atoms with E-state index in [4.69, 9.17) is 5.73 Å². The first kappa shape index (κ1) is 20.8. The van der Waals surface area contributed by atoms with E-state index < -0.39 is 18.4 Å². The molecule has 0 rings (SSSR count). The van der Waals surface area contributed by atoms with Crippen molar-refractivity contribution in [2.75, 3.05) is 40.8 Å². The molecule has 20 heavy (non-hydrogen) atoms. The number of hydrogen-bond donors (Lipinski definition) is 1. The van der Waals surface area contributed by atoms with Gasteiger partial charge in [0.2, 0.25) is 6.29 Å². The Morgan fingerprint density at radius 3 is 2.30 bits per heavy atom. The number of nitrogens with two attached hydrogens (primary N) is 1. The average Bonchev–Trinajstić information content (AvgIpc) is 2.32. The molecule has 0 spiro atoms. The van der Waals surface area contributed by atoms with Gasteiger partial charge in [-0.1, -0.05) is 0 Å². The van der Waals surface area contributed by atoms with Crippen molar-refractivity contribution in [1.82, 2.24) is 0 Å². The van der Waals surface area contributed by atoms with Crippen LogP contribution >= 0.6 is 0 Å². The van der Waals surface area contributed by atoms with Crippen molar-refractivity contribution in [1.29, 1.82) is 0 Å². The minimum atomic E-state index is -1.33. The van der Waals surface area contributed by atoms with Crippen LogP contribution in [0.4, 0.5) is 0 Å². The predicted octanol–water partition coefficient (Wildman–Crippen LogP) is -1.16. The molecule has 1 radical (unpaired) electrons. The second kappa shape index (κ2) is 12.5. The highest BCUT2D eigenvalue weighted by Crippen LogP contribution is 1.92. The van der Waals surface area contributed by atoms with Crippen LogP contribution in [0.15, 0.2) is 9.98 Å². The van der Waals surface area contributed by atoms with E-state index in [1.807, 2.05) is 6.92 Å². The molecule has 0 fully saturated rings. The molecule has 2 N–H and O–H groups in total. The fraction of sp³-hybridized carbons (Fsp3) is 0.769. The molecule has 0 unspecified atom stereocenters. The minimum Gasteiger partial charge on any atom is -0.550 e. The van der Waals surface area contributed by atoms with Gasteiger partial charge in [0.1, 0.15) is 0 Å². The molecule has 115 valence electrons. The van der Waals surface area contributed by atoms with Crippen molar-refractivity contribution in [2.45, 2.75) is 25.8 Å². The van der Waals surface area contributed by atoms with Crippen LogP contribution in [0.5, 0.6) is 0 Å². The molecule has 0 heterocycles. The smallest absolute Gasteiger partial charge is 0.217 e. The summed E-state index contributed by atoms with van der Waals surface area (Å²) in [6.07, 6.45) is 1.96. The topological polar surface area (TPSA) is 108 Å². The number of carbonyl (C=O) groups is 1. The van der Waals surface area contributed by atoms with Gasteiger partial charge in [0.15, 0.2) is 0 Å². The molecule has 7 heteroatoms. The zero-order valence-electron chi connectivity index (χ0n) is 12.8. The third-order valence-electron chi connectivity index (χ3n) is 1.94. The summed E-state index contributed by atoms with van der Waals surface area (Å²) >= 11 is 0. The minimum absolute atomic E-state index is 0.455. The number of aliphatic imine (C=N–C) groups is 2. The SMILES string of the molecule is CCN=C=NCCC[N+](C)(C)C.N[C@H]([C]=O)CC(=O)[O-]. The van der Waals surface area contributed by atoms with Crippen molar-refractivity contribution in [3.05, 3.63) is 0 Å². The molecule has 0 saturated carbocycles. The number of carbonyl (C=O) groups excluding carboxylic acids is 2. The Balaban J connectivity index is 0. The molecular formula is C13H25N4O3. The summed E-state index contributed by atoms with van der Waals surface area (Å²) < 4.78 is 1.00. The first-order valence-electron chi connectivity index (χ1n) is 6.44. The number of nitrogens with zero attached hydrogens (tertiary/aromatic N) is 3. The third-order valence-corrected chi connectivity index (χ3v) is 1.94. The van der Waals surface area contributed by atoms with Crippen molar-refractivity contribution in [3.63, 3.8) is 0 Å². The van der Waals surface area contributed by atoms with E-state index >= 15 is 0 Å². The summed E-state index contributed by atoms with van der Waals surface area (Å²) in [6.45, 7) is 4.75. The van der Waals surface area contributed by atoms with E-state index in [0.29, 0.717) is 0 Å². The van der Waals surface area contributed by atoms with E-state index in [2.05, 4.69) is 37.1 Å². The number of quaternary nitrogens is 1. The Hall–Kier alpha value is -1.56. The van der Waals surface area contributed by atoms with Crippen molar-refractivity contribution < 1.29 is 19.2 Å². The van der Waals surface area contributed by atoms with Crippen LogP contribution in [-0.2, 0) is 9.59 Å². The quantitative estimate of drug-likeness (QED) is 0.345. The van der Waals surface area contributed by atoms with Gasteiger partial charge in [-0.05, 0) is 6.92 Å². The Morgan fingerprint density at radius 2 is 1.95 bits per heavy atom. The maximum atomic E-state index is 9.60. The predicted molar refractivity (Wildman–Crippen MR) is 76.1 cm³/mol. The van der Waals surface area contributed by atoms with E-state index in [1.165, 1.54) is 6.29 Å². The molecule has 0 saturated heterocycles. The highest BCUT2D eigenvalue weighted by atomic mass is 16.4. The maximum Gasteiger partial charge on any atom is 0.217 e. The monoisotopic (exact) mass is 285 g/mol. The van der Waals surface area contributed by atoms with Crippen LogP contribution in [0.1, 0.15) is 19.8 Å². The summed E-state index contributed by atoms with van der Waals surface area (Å²) in [5.41, 5.74) is 4.83. The molecule has 7 nitrogen and oxygen atoms in total. The molecule has 0 amide bonds. The van der Waals surface area contributed by atoms with Crippen LogP contribution in [0.25, 0.3) is 0 Å². The molecule has 0 aliphatic rings. The van der Waals surface area contributed by atoms with E-state index in [-0.39, 0.29) is 0 Å². The first-order chi connectivity index (χ1) is 9.22. The van der Waals surface area contributed by atoms with Gasteiger partial charge in [-0.2, -0.15) is 0 Å². The van der Waals surface area contributed by atoms with Gasteiger partial charge in [0, 0.05) is 25.4 Å². The molecule has 0 aromatic rings. The molecule has 1 atom stereocenters.